The van der Waals surface area contributed by atoms with Gasteiger partial charge in [0.15, 0.2) is 9.84 Å². The molecule has 0 spiro atoms. The summed E-state index contributed by atoms with van der Waals surface area (Å²) < 4.78 is 50.3. The fraction of sp³-hybridized carbons (Fsp3) is 0.400. The molecule has 2 aromatic rings. The van der Waals surface area contributed by atoms with E-state index < -0.39 is 32.0 Å². The number of benzene rings is 1. The molecule has 3 rings (SSSR count). The monoisotopic (exact) mass is 385 g/mol. The molecule has 0 amide bonds. The van der Waals surface area contributed by atoms with Crippen LogP contribution in [-0.2, 0) is 19.9 Å². The van der Waals surface area contributed by atoms with Gasteiger partial charge in [0.2, 0.25) is 10.0 Å². The van der Waals surface area contributed by atoms with Crippen LogP contribution in [0.1, 0.15) is 0 Å². The molecule has 0 aliphatic carbocycles. The summed E-state index contributed by atoms with van der Waals surface area (Å²) in [6.07, 6.45) is 0.564. The third-order valence-corrected chi connectivity index (χ3v) is 7.24. The lowest BCUT2D eigenvalue weighted by Gasteiger charge is -2.15. The fourth-order valence-corrected chi connectivity index (χ4v) is 5.82. The van der Waals surface area contributed by atoms with Crippen LogP contribution in [-0.4, -0.2) is 63.7 Å². The van der Waals surface area contributed by atoms with Crippen LogP contribution >= 0.6 is 0 Å². The lowest BCUT2D eigenvalue weighted by atomic mass is 10.2. The second-order valence-corrected chi connectivity index (χ2v) is 9.82. The zero-order valence-electron chi connectivity index (χ0n) is 13.3. The average molecular weight is 385 g/mol. The Bertz CT molecular complexity index is 970. The van der Waals surface area contributed by atoms with E-state index >= 15 is 0 Å². The first kappa shape index (κ1) is 18.2. The number of nitrogens with one attached hydrogen (secondary N) is 2. The number of fused-ring (bicyclic) bond motifs is 1. The molecule has 1 fully saturated rings. The lowest BCUT2D eigenvalue weighted by Crippen LogP contribution is -2.42. The Morgan fingerprint density at radius 2 is 1.92 bits per heavy atom. The second kappa shape index (κ2) is 6.96. The Labute approximate surface area is 146 Å². The van der Waals surface area contributed by atoms with Gasteiger partial charge in [0.25, 0.3) is 0 Å². The van der Waals surface area contributed by atoms with Crippen molar-refractivity contribution in [1.29, 1.82) is 0 Å². The number of pyridine rings is 1. The third kappa shape index (κ3) is 4.15. The van der Waals surface area contributed by atoms with Gasteiger partial charge in [0.05, 0.1) is 23.1 Å². The van der Waals surface area contributed by atoms with Gasteiger partial charge in [-0.25, -0.2) is 21.6 Å². The summed E-state index contributed by atoms with van der Waals surface area (Å²) in [7, 11) is -6.99. The predicted octanol–water partition coefficient (Wildman–Crippen LogP) is -0.739. The molecule has 3 N–H and O–H groups in total. The number of aromatic nitrogens is 1. The van der Waals surface area contributed by atoms with E-state index in [2.05, 4.69) is 15.0 Å². The number of hydrogen-bond acceptors (Lipinski definition) is 7. The summed E-state index contributed by atoms with van der Waals surface area (Å²) in [5.74, 6) is -0.410. The standard InChI is InChI=1S/C15H19N3O5S2/c19-13-10-24(20,21)9-12(13)16-7-8-18-25(22,23)14-5-1-3-11-4-2-6-17-15(11)14/h1-6,12-13,16,18-19H,7-10H2/t12-,13-/m1/s1. The molecule has 2 heterocycles. The van der Waals surface area contributed by atoms with Crippen molar-refractivity contribution in [3.8, 4) is 0 Å². The number of hydrogen-bond donors (Lipinski definition) is 3. The highest BCUT2D eigenvalue weighted by atomic mass is 32.2. The molecule has 136 valence electrons. The Balaban J connectivity index is 1.63. The molecule has 0 unspecified atom stereocenters. The van der Waals surface area contributed by atoms with Gasteiger partial charge < -0.3 is 10.4 Å². The Hall–Kier alpha value is -1.59. The fourth-order valence-electron chi connectivity index (χ4n) is 2.84. The Morgan fingerprint density at radius 1 is 1.16 bits per heavy atom. The number of sulfone groups is 1. The molecule has 0 saturated carbocycles. The minimum absolute atomic E-state index is 0.0643. The van der Waals surface area contributed by atoms with Crippen LogP contribution in [0, 0.1) is 0 Å². The molecule has 1 aliphatic heterocycles. The zero-order valence-corrected chi connectivity index (χ0v) is 14.9. The first-order valence-corrected chi connectivity index (χ1v) is 11.0. The van der Waals surface area contributed by atoms with Crippen molar-refractivity contribution in [2.45, 2.75) is 17.0 Å². The zero-order chi connectivity index (χ0) is 18.1. The van der Waals surface area contributed by atoms with Crippen LogP contribution in [0.5, 0.6) is 0 Å². The van der Waals surface area contributed by atoms with Gasteiger partial charge in [-0.15, -0.1) is 0 Å². The van der Waals surface area contributed by atoms with Crippen molar-refractivity contribution in [2.75, 3.05) is 24.6 Å². The van der Waals surface area contributed by atoms with Gasteiger partial charge >= 0.3 is 0 Å². The summed E-state index contributed by atoms with van der Waals surface area (Å²) in [5.41, 5.74) is 0.391. The highest BCUT2D eigenvalue weighted by Gasteiger charge is 2.35. The van der Waals surface area contributed by atoms with Gasteiger partial charge in [-0.2, -0.15) is 0 Å². The van der Waals surface area contributed by atoms with Gasteiger partial charge in [-0.05, 0) is 12.1 Å². The molecule has 1 aliphatic rings. The van der Waals surface area contributed by atoms with E-state index in [9.17, 15) is 21.9 Å². The van der Waals surface area contributed by atoms with E-state index in [1.54, 1.807) is 24.3 Å². The molecule has 25 heavy (non-hydrogen) atoms. The summed E-state index contributed by atoms with van der Waals surface area (Å²) in [5, 5.41) is 13.3. The van der Waals surface area contributed by atoms with Crippen molar-refractivity contribution >= 4 is 30.8 Å². The number of aliphatic hydroxyl groups excluding tert-OH is 1. The first-order chi connectivity index (χ1) is 11.8. The van der Waals surface area contributed by atoms with Crippen LogP contribution in [0.25, 0.3) is 10.9 Å². The molecule has 10 heteroatoms. The van der Waals surface area contributed by atoms with Crippen LogP contribution in [0.4, 0.5) is 0 Å². The van der Waals surface area contributed by atoms with E-state index in [0.717, 1.165) is 5.39 Å². The van der Waals surface area contributed by atoms with Crippen molar-refractivity contribution in [2.24, 2.45) is 0 Å². The molecule has 1 aromatic heterocycles. The molecule has 2 atom stereocenters. The molecule has 1 aromatic carbocycles. The number of aliphatic hydroxyl groups is 1. The van der Waals surface area contributed by atoms with Crippen LogP contribution < -0.4 is 10.0 Å². The van der Waals surface area contributed by atoms with Crippen LogP contribution in [0.3, 0.4) is 0 Å². The quantitative estimate of drug-likeness (QED) is 0.559. The predicted molar refractivity (Wildman–Crippen MR) is 93.4 cm³/mol. The highest BCUT2D eigenvalue weighted by molar-refractivity contribution is 7.91. The molecular weight excluding hydrogens is 366 g/mol. The van der Waals surface area contributed by atoms with Gasteiger partial charge in [0.1, 0.15) is 4.90 Å². The molecule has 0 radical (unpaired) electrons. The highest BCUT2D eigenvalue weighted by Crippen LogP contribution is 2.20. The van der Waals surface area contributed by atoms with Gasteiger partial charge in [-0.3, -0.25) is 4.98 Å². The largest absolute Gasteiger partial charge is 0.390 e. The van der Waals surface area contributed by atoms with Crippen LogP contribution in [0.2, 0.25) is 0 Å². The molecule has 1 saturated heterocycles. The van der Waals surface area contributed by atoms with Gasteiger partial charge in [-0.1, -0.05) is 18.2 Å². The summed E-state index contributed by atoms with van der Waals surface area (Å²) in [4.78, 5) is 4.22. The summed E-state index contributed by atoms with van der Waals surface area (Å²) >= 11 is 0. The topological polar surface area (TPSA) is 125 Å². The lowest BCUT2D eigenvalue weighted by molar-refractivity contribution is 0.166. The maximum absolute atomic E-state index is 12.5. The number of sulfonamides is 1. The first-order valence-electron chi connectivity index (χ1n) is 7.74. The van der Waals surface area contributed by atoms with E-state index in [-0.39, 0.29) is 29.5 Å². The summed E-state index contributed by atoms with van der Waals surface area (Å²) in [6.45, 7) is 0.267. The van der Waals surface area contributed by atoms with Crippen molar-refractivity contribution in [1.82, 2.24) is 15.0 Å². The maximum atomic E-state index is 12.5. The SMILES string of the molecule is O=S1(=O)C[C@@H](O)[C@H](NCCNS(=O)(=O)c2cccc3cccnc23)C1. The second-order valence-electron chi connectivity index (χ2n) is 5.93. The smallest absolute Gasteiger partial charge is 0.242 e. The minimum atomic E-state index is -3.75. The van der Waals surface area contributed by atoms with E-state index in [1.165, 1.54) is 12.3 Å². The van der Waals surface area contributed by atoms with Crippen molar-refractivity contribution in [3.05, 3.63) is 36.5 Å². The van der Waals surface area contributed by atoms with Crippen LogP contribution in [0.15, 0.2) is 41.4 Å². The van der Waals surface area contributed by atoms with Crippen molar-refractivity contribution in [3.63, 3.8) is 0 Å². The van der Waals surface area contributed by atoms with E-state index in [0.29, 0.717) is 5.52 Å². The molecule has 8 nitrogen and oxygen atoms in total. The van der Waals surface area contributed by atoms with E-state index in [1.807, 2.05) is 0 Å². The third-order valence-electron chi connectivity index (χ3n) is 4.03. The number of nitrogens with zero attached hydrogens (tertiary/aromatic N) is 1. The normalized spacial score (nSPS) is 23.1. The average Bonchev–Trinajstić information content (AvgIpc) is 2.83. The Kier molecular flexibility index (Phi) is 5.07. The van der Waals surface area contributed by atoms with Gasteiger partial charge in [0, 0.05) is 30.7 Å². The van der Waals surface area contributed by atoms with Crippen molar-refractivity contribution < 1.29 is 21.9 Å². The number of para-hydroxylation sites is 1. The minimum Gasteiger partial charge on any atom is -0.390 e. The summed E-state index contributed by atoms with van der Waals surface area (Å²) in [6, 6.07) is 7.86. The molecular formula is C15H19N3O5S2. The maximum Gasteiger partial charge on any atom is 0.242 e. The number of rotatable bonds is 6. The molecule has 0 bridgehead atoms. The van der Waals surface area contributed by atoms with E-state index in [4.69, 9.17) is 0 Å². The Morgan fingerprint density at radius 3 is 2.64 bits per heavy atom.